The molecule has 1 N–H and O–H groups in total. The van der Waals surface area contributed by atoms with Gasteiger partial charge in [0.1, 0.15) is 11.9 Å². The van der Waals surface area contributed by atoms with Gasteiger partial charge in [-0.05, 0) is 66.3 Å². The molecule has 1 unspecified atom stereocenters. The number of benzene rings is 2. The molecule has 2 aromatic carbocycles. The number of halogens is 1. The van der Waals surface area contributed by atoms with Crippen molar-refractivity contribution in [1.82, 2.24) is 10.3 Å². The maximum absolute atomic E-state index is 14.5. The van der Waals surface area contributed by atoms with E-state index >= 15 is 0 Å². The van der Waals surface area contributed by atoms with E-state index in [0.717, 1.165) is 56.0 Å². The maximum atomic E-state index is 14.5. The average molecular weight is 469 g/mol. The van der Waals surface area contributed by atoms with Gasteiger partial charge in [-0.15, -0.1) is 0 Å². The van der Waals surface area contributed by atoms with Crippen LogP contribution >= 0.6 is 0 Å². The number of anilines is 1. The highest BCUT2D eigenvalue weighted by atomic mass is 19.1. The number of hydrogen-bond donors (Lipinski definition) is 1. The molecule has 178 valence electrons. The van der Waals surface area contributed by atoms with Gasteiger partial charge in [-0.25, -0.2) is 4.39 Å². The van der Waals surface area contributed by atoms with E-state index in [2.05, 4.69) is 40.5 Å². The number of ether oxygens (including phenoxy) is 1. The topological polar surface area (TPSA) is 61.2 Å². The van der Waals surface area contributed by atoms with Gasteiger partial charge in [-0.3, -0.25) is 4.98 Å². The maximum Gasteiger partial charge on any atom is 0.141 e. The normalized spacial score (nSPS) is 20.3. The van der Waals surface area contributed by atoms with Gasteiger partial charge in [0.2, 0.25) is 0 Å². The molecule has 1 saturated carbocycles. The highest BCUT2D eigenvalue weighted by molar-refractivity contribution is 5.80. The summed E-state index contributed by atoms with van der Waals surface area (Å²) in [5, 5.41) is 12.5. The van der Waals surface area contributed by atoms with Crippen LogP contribution in [0.15, 0.2) is 54.7 Å². The molecule has 0 radical (unpaired) electrons. The summed E-state index contributed by atoms with van der Waals surface area (Å²) in [7, 11) is 0. The van der Waals surface area contributed by atoms with Crippen molar-refractivity contribution in [2.45, 2.75) is 37.2 Å². The number of nitrogens with zero attached hydrogens (tertiary/aromatic N) is 3. The van der Waals surface area contributed by atoms with E-state index in [4.69, 9.17) is 15.0 Å². The van der Waals surface area contributed by atoms with Gasteiger partial charge in [0, 0.05) is 61.2 Å². The molecule has 1 atom stereocenters. The fraction of sp³-hybridized carbons (Fsp3) is 0.379. The van der Waals surface area contributed by atoms with E-state index in [0.29, 0.717) is 11.8 Å². The Bertz CT molecular complexity index is 1250. The molecule has 0 amide bonds. The van der Waals surface area contributed by atoms with E-state index in [1.807, 2.05) is 18.3 Å². The second-order valence-corrected chi connectivity index (χ2v) is 9.95. The van der Waals surface area contributed by atoms with Crippen LogP contribution in [0, 0.1) is 17.1 Å². The molecule has 35 heavy (non-hydrogen) atoms. The monoisotopic (exact) mass is 468 g/mol. The summed E-state index contributed by atoms with van der Waals surface area (Å²) in [6, 6.07) is 17.7. The SMILES string of the molecule is N#Cc1ccc(-c2cc(CC3CNCCO3)ccc2N2CC(c3ccc(C4CC4)nc3)C2)cc1F. The third kappa shape index (κ3) is 4.67. The number of morpholine rings is 1. The van der Waals surface area contributed by atoms with E-state index in [9.17, 15) is 4.39 Å². The number of nitriles is 1. The predicted molar refractivity (Wildman–Crippen MR) is 134 cm³/mol. The second kappa shape index (κ2) is 9.41. The van der Waals surface area contributed by atoms with Crippen LogP contribution in [0.5, 0.6) is 0 Å². The zero-order chi connectivity index (χ0) is 23.8. The summed E-state index contributed by atoms with van der Waals surface area (Å²) in [6.45, 7) is 4.27. The first-order valence-corrected chi connectivity index (χ1v) is 12.5. The average Bonchev–Trinajstić information content (AvgIpc) is 3.71. The van der Waals surface area contributed by atoms with Crippen LogP contribution in [-0.2, 0) is 11.2 Å². The summed E-state index contributed by atoms with van der Waals surface area (Å²) >= 11 is 0. The molecule has 5 nitrogen and oxygen atoms in total. The summed E-state index contributed by atoms with van der Waals surface area (Å²) in [4.78, 5) is 7.05. The van der Waals surface area contributed by atoms with Crippen molar-refractivity contribution in [3.8, 4) is 17.2 Å². The number of rotatable bonds is 6. The zero-order valence-electron chi connectivity index (χ0n) is 19.7. The van der Waals surface area contributed by atoms with E-state index in [1.54, 1.807) is 6.07 Å². The summed E-state index contributed by atoms with van der Waals surface area (Å²) < 4.78 is 20.4. The van der Waals surface area contributed by atoms with Gasteiger partial charge in [-0.1, -0.05) is 18.2 Å². The van der Waals surface area contributed by atoms with Crippen molar-refractivity contribution in [2.75, 3.05) is 37.7 Å². The first-order valence-electron chi connectivity index (χ1n) is 12.5. The molecule has 1 aromatic heterocycles. The lowest BCUT2D eigenvalue weighted by molar-refractivity contribution is 0.0292. The van der Waals surface area contributed by atoms with Gasteiger partial charge in [0.05, 0.1) is 18.3 Å². The number of aromatic nitrogens is 1. The van der Waals surface area contributed by atoms with E-state index in [-0.39, 0.29) is 11.7 Å². The van der Waals surface area contributed by atoms with Crippen LogP contribution in [0.4, 0.5) is 10.1 Å². The molecule has 3 aromatic rings. The van der Waals surface area contributed by atoms with Crippen LogP contribution in [0.2, 0.25) is 0 Å². The van der Waals surface area contributed by atoms with Gasteiger partial charge in [-0.2, -0.15) is 5.26 Å². The molecular weight excluding hydrogens is 439 g/mol. The molecule has 1 aliphatic carbocycles. The predicted octanol–water partition coefficient (Wildman–Crippen LogP) is 4.77. The Labute approximate surface area is 205 Å². The third-order valence-corrected chi connectivity index (χ3v) is 7.43. The minimum absolute atomic E-state index is 0.0688. The van der Waals surface area contributed by atoms with Crippen LogP contribution < -0.4 is 10.2 Å². The molecule has 3 fully saturated rings. The lowest BCUT2D eigenvalue weighted by Gasteiger charge is -2.42. The van der Waals surface area contributed by atoms with Crippen LogP contribution in [0.25, 0.3) is 11.1 Å². The zero-order valence-corrected chi connectivity index (χ0v) is 19.7. The van der Waals surface area contributed by atoms with Crippen molar-refractivity contribution < 1.29 is 9.13 Å². The molecule has 3 heterocycles. The van der Waals surface area contributed by atoms with Crippen molar-refractivity contribution in [1.29, 1.82) is 5.26 Å². The van der Waals surface area contributed by atoms with Gasteiger partial charge in [0.15, 0.2) is 0 Å². The Kier molecular flexibility index (Phi) is 5.97. The lowest BCUT2D eigenvalue weighted by Crippen LogP contribution is -2.45. The third-order valence-electron chi connectivity index (χ3n) is 7.43. The molecular formula is C29H29FN4O. The molecule has 3 aliphatic rings. The Balaban J connectivity index is 1.25. The summed E-state index contributed by atoms with van der Waals surface area (Å²) in [5.41, 5.74) is 6.63. The molecule has 2 aliphatic heterocycles. The van der Waals surface area contributed by atoms with Crippen LogP contribution in [-0.4, -0.2) is 43.9 Å². The molecule has 6 rings (SSSR count). The van der Waals surface area contributed by atoms with Crippen molar-refractivity contribution in [3.05, 3.63) is 82.9 Å². The number of nitrogens with one attached hydrogen (secondary N) is 1. The smallest absolute Gasteiger partial charge is 0.141 e. The highest BCUT2D eigenvalue weighted by Crippen LogP contribution is 2.41. The Morgan fingerprint density at radius 1 is 1.09 bits per heavy atom. The fourth-order valence-electron chi connectivity index (χ4n) is 5.17. The van der Waals surface area contributed by atoms with Crippen molar-refractivity contribution in [2.24, 2.45) is 0 Å². The Hall–Kier alpha value is -3.27. The summed E-state index contributed by atoms with van der Waals surface area (Å²) in [5.74, 6) is 0.637. The fourth-order valence-corrected chi connectivity index (χ4v) is 5.17. The van der Waals surface area contributed by atoms with Crippen molar-refractivity contribution in [3.63, 3.8) is 0 Å². The first-order chi connectivity index (χ1) is 17.2. The van der Waals surface area contributed by atoms with Crippen LogP contribution in [0.1, 0.15) is 47.1 Å². The van der Waals surface area contributed by atoms with E-state index in [1.165, 1.54) is 35.7 Å². The minimum Gasteiger partial charge on any atom is -0.375 e. The quantitative estimate of drug-likeness (QED) is 0.565. The molecule has 6 heteroatoms. The highest BCUT2D eigenvalue weighted by Gasteiger charge is 2.31. The number of pyridine rings is 1. The standard InChI is InChI=1S/C29H29FN4O/c30-27-13-21(4-5-22(27)14-31)26-12-19(11-25-16-32-9-10-35-25)1-8-29(26)34-17-24(18-34)23-6-7-28(33-15-23)20-2-3-20/h1,4-8,12-13,15,20,24-25,32H,2-3,9-11,16-18H2. The van der Waals surface area contributed by atoms with E-state index < -0.39 is 5.82 Å². The summed E-state index contributed by atoms with van der Waals surface area (Å²) in [6.07, 6.45) is 5.53. The van der Waals surface area contributed by atoms with Crippen LogP contribution in [0.3, 0.4) is 0 Å². The Morgan fingerprint density at radius 2 is 1.97 bits per heavy atom. The minimum atomic E-state index is -0.482. The largest absolute Gasteiger partial charge is 0.375 e. The first kappa shape index (κ1) is 22.2. The second-order valence-electron chi connectivity index (χ2n) is 9.95. The molecule has 2 saturated heterocycles. The van der Waals surface area contributed by atoms with Crippen molar-refractivity contribution >= 4 is 5.69 Å². The number of hydrogen-bond acceptors (Lipinski definition) is 5. The van der Waals surface area contributed by atoms with Gasteiger partial charge < -0.3 is 15.0 Å². The molecule has 0 spiro atoms. The Morgan fingerprint density at radius 3 is 2.66 bits per heavy atom. The molecule has 0 bridgehead atoms. The van der Waals surface area contributed by atoms with Gasteiger partial charge >= 0.3 is 0 Å². The van der Waals surface area contributed by atoms with Gasteiger partial charge in [0.25, 0.3) is 0 Å². The lowest BCUT2D eigenvalue weighted by atomic mass is 9.89.